The van der Waals surface area contributed by atoms with Gasteiger partial charge in [-0.1, -0.05) is 0 Å². The topological polar surface area (TPSA) is 58.1 Å². The molecule has 1 saturated heterocycles. The summed E-state index contributed by atoms with van der Waals surface area (Å²) in [6.45, 7) is 6.93. The van der Waals surface area contributed by atoms with Crippen molar-refractivity contribution < 1.29 is 4.79 Å². The number of nitrogens with zero attached hydrogens (tertiary/aromatic N) is 3. The van der Waals surface area contributed by atoms with Crippen molar-refractivity contribution in [3.63, 3.8) is 0 Å². The fraction of sp³-hybridized carbons (Fsp3) is 0.533. The van der Waals surface area contributed by atoms with Crippen LogP contribution in [-0.2, 0) is 4.79 Å². The van der Waals surface area contributed by atoms with Crippen molar-refractivity contribution in [2.75, 3.05) is 11.4 Å². The molecule has 3 heterocycles. The van der Waals surface area contributed by atoms with Gasteiger partial charge in [0.2, 0.25) is 5.91 Å². The fourth-order valence-electron chi connectivity index (χ4n) is 2.95. The molecule has 3 rings (SSSR count). The highest BCUT2D eigenvalue weighted by molar-refractivity contribution is 7.13. The number of thiazole rings is 2. The molecule has 0 bridgehead atoms. The molecule has 2 unspecified atom stereocenters. The fourth-order valence-corrected chi connectivity index (χ4v) is 4.60. The Kier molecular flexibility index (Phi) is 4.44. The molecule has 22 heavy (non-hydrogen) atoms. The number of aromatic nitrogens is 2. The van der Waals surface area contributed by atoms with Crippen molar-refractivity contribution >= 4 is 33.7 Å². The Morgan fingerprint density at radius 1 is 1.50 bits per heavy atom. The zero-order valence-electron chi connectivity index (χ0n) is 13.0. The lowest BCUT2D eigenvalue weighted by Gasteiger charge is -2.24. The van der Waals surface area contributed by atoms with E-state index >= 15 is 0 Å². The zero-order valence-corrected chi connectivity index (χ0v) is 14.6. The Bertz CT molecular complexity index is 653. The maximum absolute atomic E-state index is 12.7. The van der Waals surface area contributed by atoms with Gasteiger partial charge in [0.1, 0.15) is 6.04 Å². The molecule has 1 N–H and O–H groups in total. The van der Waals surface area contributed by atoms with Crippen molar-refractivity contribution in [3.05, 3.63) is 27.2 Å². The quantitative estimate of drug-likeness (QED) is 0.932. The highest BCUT2D eigenvalue weighted by Crippen LogP contribution is 2.29. The van der Waals surface area contributed by atoms with E-state index in [1.807, 2.05) is 26.2 Å². The Morgan fingerprint density at radius 2 is 2.32 bits per heavy atom. The summed E-state index contributed by atoms with van der Waals surface area (Å²) in [4.78, 5) is 24.7. The number of hydrogen-bond donors (Lipinski definition) is 1. The molecule has 1 aliphatic heterocycles. The Balaban J connectivity index is 1.70. The van der Waals surface area contributed by atoms with Gasteiger partial charge in [0.25, 0.3) is 0 Å². The second-order valence-electron chi connectivity index (χ2n) is 5.58. The minimum atomic E-state index is -0.108. The number of rotatable bonds is 4. The summed E-state index contributed by atoms with van der Waals surface area (Å²) in [5.41, 5.74) is 1.01. The lowest BCUT2D eigenvalue weighted by molar-refractivity contribution is -0.122. The molecule has 1 aliphatic rings. The Hall–Kier alpha value is -1.47. The normalized spacial score (nSPS) is 19.4. The summed E-state index contributed by atoms with van der Waals surface area (Å²) in [6.07, 6.45) is 3.71. The minimum absolute atomic E-state index is 0.00237. The van der Waals surface area contributed by atoms with E-state index in [9.17, 15) is 4.79 Å². The van der Waals surface area contributed by atoms with Gasteiger partial charge >= 0.3 is 0 Å². The van der Waals surface area contributed by atoms with Crippen molar-refractivity contribution in [2.24, 2.45) is 0 Å². The van der Waals surface area contributed by atoms with Gasteiger partial charge in [0.05, 0.1) is 16.7 Å². The highest BCUT2D eigenvalue weighted by Gasteiger charge is 2.33. The van der Waals surface area contributed by atoms with Crippen LogP contribution in [0.25, 0.3) is 0 Å². The first-order valence-corrected chi connectivity index (χ1v) is 9.16. The molecule has 2 aromatic rings. The van der Waals surface area contributed by atoms with E-state index < -0.39 is 0 Å². The van der Waals surface area contributed by atoms with Gasteiger partial charge < -0.3 is 10.2 Å². The molecule has 0 aromatic carbocycles. The third-order valence-corrected chi connectivity index (χ3v) is 5.98. The van der Waals surface area contributed by atoms with Crippen LogP contribution in [0.3, 0.4) is 0 Å². The van der Waals surface area contributed by atoms with Crippen LogP contribution in [0.1, 0.15) is 41.4 Å². The first kappa shape index (κ1) is 15.4. The number of anilines is 1. The van der Waals surface area contributed by atoms with Crippen LogP contribution in [0, 0.1) is 13.8 Å². The molecule has 7 heteroatoms. The van der Waals surface area contributed by atoms with Crippen LogP contribution in [0.4, 0.5) is 5.13 Å². The van der Waals surface area contributed by atoms with E-state index in [2.05, 4.69) is 20.2 Å². The first-order valence-electron chi connectivity index (χ1n) is 7.46. The zero-order chi connectivity index (χ0) is 15.7. The molecule has 118 valence electrons. The average molecular weight is 336 g/mol. The highest BCUT2D eigenvalue weighted by atomic mass is 32.1. The SMILES string of the molecule is Cc1nc(C)c(C(C)NC(=O)C2CCCN2c2nccs2)s1. The number of nitrogens with one attached hydrogen (secondary N) is 1. The number of aryl methyl sites for hydroxylation is 2. The number of carbonyl (C=O) groups is 1. The van der Waals surface area contributed by atoms with Gasteiger partial charge in [0.15, 0.2) is 5.13 Å². The number of carbonyl (C=O) groups excluding carboxylic acids is 1. The lowest BCUT2D eigenvalue weighted by Crippen LogP contribution is -2.44. The van der Waals surface area contributed by atoms with Crippen LogP contribution in [-0.4, -0.2) is 28.5 Å². The molecule has 1 fully saturated rings. The maximum atomic E-state index is 12.7. The monoisotopic (exact) mass is 336 g/mol. The van der Waals surface area contributed by atoms with Gasteiger partial charge in [-0.3, -0.25) is 4.79 Å². The predicted octanol–water partition coefficient (Wildman–Crippen LogP) is 3.06. The maximum Gasteiger partial charge on any atom is 0.243 e. The van der Waals surface area contributed by atoms with Crippen LogP contribution in [0.15, 0.2) is 11.6 Å². The summed E-state index contributed by atoms with van der Waals surface area (Å²) in [5.74, 6) is 0.0886. The van der Waals surface area contributed by atoms with Crippen LogP contribution in [0.5, 0.6) is 0 Å². The van der Waals surface area contributed by atoms with E-state index in [0.717, 1.165) is 40.1 Å². The molecule has 0 spiro atoms. The Labute approximate surface area is 138 Å². The second-order valence-corrected chi connectivity index (χ2v) is 7.69. The van der Waals surface area contributed by atoms with Crippen molar-refractivity contribution in [2.45, 2.75) is 45.7 Å². The Morgan fingerprint density at radius 3 is 2.95 bits per heavy atom. The third-order valence-electron chi connectivity index (χ3n) is 3.91. The number of amides is 1. The van der Waals surface area contributed by atoms with Crippen molar-refractivity contribution in [1.29, 1.82) is 0 Å². The summed E-state index contributed by atoms with van der Waals surface area (Å²) in [7, 11) is 0. The first-order chi connectivity index (χ1) is 10.6. The molecule has 5 nitrogen and oxygen atoms in total. The largest absolute Gasteiger partial charge is 0.347 e. The van der Waals surface area contributed by atoms with Gasteiger partial charge in [-0.05, 0) is 33.6 Å². The van der Waals surface area contributed by atoms with Crippen LogP contribution < -0.4 is 10.2 Å². The van der Waals surface area contributed by atoms with Gasteiger partial charge in [-0.2, -0.15) is 0 Å². The van der Waals surface area contributed by atoms with E-state index in [0.29, 0.717) is 0 Å². The molecule has 0 saturated carbocycles. The van der Waals surface area contributed by atoms with Gasteiger partial charge in [-0.25, -0.2) is 9.97 Å². The number of hydrogen-bond acceptors (Lipinski definition) is 6. The average Bonchev–Trinajstić information content (AvgIpc) is 3.17. The van der Waals surface area contributed by atoms with E-state index in [-0.39, 0.29) is 18.0 Å². The molecule has 2 aromatic heterocycles. The molecule has 2 atom stereocenters. The van der Waals surface area contributed by atoms with Crippen molar-refractivity contribution in [1.82, 2.24) is 15.3 Å². The smallest absolute Gasteiger partial charge is 0.243 e. The van der Waals surface area contributed by atoms with Crippen molar-refractivity contribution in [3.8, 4) is 0 Å². The minimum Gasteiger partial charge on any atom is -0.347 e. The summed E-state index contributed by atoms with van der Waals surface area (Å²) in [6, 6.07) is -0.111. The summed E-state index contributed by atoms with van der Waals surface area (Å²) < 4.78 is 0. The predicted molar refractivity (Wildman–Crippen MR) is 90.6 cm³/mol. The van der Waals surface area contributed by atoms with Gasteiger partial charge in [-0.15, -0.1) is 22.7 Å². The molecule has 1 amide bonds. The summed E-state index contributed by atoms with van der Waals surface area (Å²) in [5, 5.41) is 7.08. The van der Waals surface area contributed by atoms with E-state index in [1.165, 1.54) is 0 Å². The molecule has 0 radical (unpaired) electrons. The van der Waals surface area contributed by atoms with E-state index in [1.54, 1.807) is 28.9 Å². The lowest BCUT2D eigenvalue weighted by atomic mass is 10.1. The van der Waals surface area contributed by atoms with Gasteiger partial charge in [0, 0.05) is 23.0 Å². The molecular formula is C15H20N4OS2. The second kappa shape index (κ2) is 6.34. The summed E-state index contributed by atoms with van der Waals surface area (Å²) >= 11 is 3.25. The molecule has 0 aliphatic carbocycles. The standard InChI is InChI=1S/C15H20N4OS2/c1-9-13(22-11(3)17-9)10(2)18-14(20)12-5-4-7-19(12)15-16-6-8-21-15/h6,8,10,12H,4-5,7H2,1-3H3,(H,18,20). The van der Waals surface area contributed by atoms with Crippen LogP contribution in [0.2, 0.25) is 0 Å². The third kappa shape index (κ3) is 3.01. The van der Waals surface area contributed by atoms with E-state index in [4.69, 9.17) is 0 Å². The molecular weight excluding hydrogens is 316 g/mol. The van der Waals surface area contributed by atoms with Crippen LogP contribution >= 0.6 is 22.7 Å².